The second-order valence-electron chi connectivity index (χ2n) is 3.58. The van der Waals surface area contributed by atoms with Gasteiger partial charge in [-0.3, -0.25) is 0 Å². The van der Waals surface area contributed by atoms with Crippen LogP contribution in [0.3, 0.4) is 0 Å². The van der Waals surface area contributed by atoms with Crippen molar-refractivity contribution in [3.8, 4) is 0 Å². The summed E-state index contributed by atoms with van der Waals surface area (Å²) < 4.78 is 5.90. The Hall–Kier alpha value is -1.03. The molecular formula is C12H16BrNO2. The van der Waals surface area contributed by atoms with Crippen molar-refractivity contribution in [2.75, 3.05) is 12.3 Å². The quantitative estimate of drug-likeness (QED) is 0.513. The maximum absolute atomic E-state index is 11.6. The maximum Gasteiger partial charge on any atom is 0.338 e. The predicted octanol–water partition coefficient (Wildman–Crippen LogP) is 3.38. The minimum atomic E-state index is -0.310. The number of unbranched alkanes of at least 4 members (excludes halogenated alkanes) is 2. The van der Waals surface area contributed by atoms with E-state index < -0.39 is 0 Å². The second-order valence-corrected chi connectivity index (χ2v) is 4.43. The average Bonchev–Trinajstić information content (AvgIpc) is 2.28. The zero-order valence-corrected chi connectivity index (χ0v) is 10.9. The van der Waals surface area contributed by atoms with Crippen LogP contribution < -0.4 is 5.73 Å². The van der Waals surface area contributed by atoms with E-state index >= 15 is 0 Å². The topological polar surface area (TPSA) is 52.3 Å². The molecule has 16 heavy (non-hydrogen) atoms. The molecule has 0 saturated heterocycles. The number of halogens is 1. The van der Waals surface area contributed by atoms with Crippen LogP contribution in [0.4, 0.5) is 5.69 Å². The maximum atomic E-state index is 11.6. The summed E-state index contributed by atoms with van der Waals surface area (Å²) >= 11 is 3.27. The number of nitrogen functional groups attached to an aromatic ring is 1. The Morgan fingerprint density at radius 3 is 2.81 bits per heavy atom. The molecule has 88 valence electrons. The Morgan fingerprint density at radius 1 is 1.44 bits per heavy atom. The third kappa shape index (κ3) is 3.85. The summed E-state index contributed by atoms with van der Waals surface area (Å²) in [5.41, 5.74) is 6.72. The number of benzene rings is 1. The molecule has 4 heteroatoms. The molecule has 0 saturated carbocycles. The normalized spacial score (nSPS) is 10.1. The van der Waals surface area contributed by atoms with E-state index in [4.69, 9.17) is 10.5 Å². The van der Waals surface area contributed by atoms with Crippen molar-refractivity contribution in [3.63, 3.8) is 0 Å². The highest BCUT2D eigenvalue weighted by Gasteiger charge is 2.08. The summed E-state index contributed by atoms with van der Waals surface area (Å²) in [4.78, 5) is 11.6. The molecule has 0 amide bonds. The van der Waals surface area contributed by atoms with E-state index in [2.05, 4.69) is 22.9 Å². The van der Waals surface area contributed by atoms with Crippen LogP contribution in [0.15, 0.2) is 22.7 Å². The number of hydrogen-bond acceptors (Lipinski definition) is 3. The Kier molecular flexibility index (Phi) is 5.32. The minimum Gasteiger partial charge on any atom is -0.462 e. The van der Waals surface area contributed by atoms with E-state index in [-0.39, 0.29) is 5.97 Å². The van der Waals surface area contributed by atoms with Crippen LogP contribution in [0, 0.1) is 0 Å². The summed E-state index contributed by atoms with van der Waals surface area (Å²) in [6.45, 7) is 2.58. The Bertz CT molecular complexity index is 366. The van der Waals surface area contributed by atoms with Gasteiger partial charge in [0.2, 0.25) is 0 Å². The van der Waals surface area contributed by atoms with E-state index in [0.717, 1.165) is 23.7 Å². The van der Waals surface area contributed by atoms with E-state index in [1.807, 2.05) is 0 Å². The van der Waals surface area contributed by atoms with Crippen LogP contribution in [0.1, 0.15) is 36.5 Å². The van der Waals surface area contributed by atoms with Gasteiger partial charge in [0.1, 0.15) is 0 Å². The minimum absolute atomic E-state index is 0.310. The molecule has 1 rings (SSSR count). The van der Waals surface area contributed by atoms with Crippen LogP contribution in [0.25, 0.3) is 0 Å². The number of nitrogens with two attached hydrogens (primary N) is 1. The van der Waals surface area contributed by atoms with Crippen LogP contribution in [0.5, 0.6) is 0 Å². The smallest absolute Gasteiger partial charge is 0.338 e. The summed E-state index contributed by atoms with van der Waals surface area (Å²) in [5.74, 6) is -0.310. The fourth-order valence-corrected chi connectivity index (χ4v) is 1.52. The number of ether oxygens (including phenoxy) is 1. The van der Waals surface area contributed by atoms with Crippen molar-refractivity contribution < 1.29 is 9.53 Å². The molecule has 0 aliphatic rings. The number of esters is 1. The van der Waals surface area contributed by atoms with Crippen molar-refractivity contribution in [2.45, 2.75) is 26.2 Å². The molecule has 0 bridgehead atoms. The highest BCUT2D eigenvalue weighted by molar-refractivity contribution is 9.10. The number of anilines is 1. The van der Waals surface area contributed by atoms with Crippen LogP contribution in [-0.4, -0.2) is 12.6 Å². The standard InChI is InChI=1S/C12H16BrNO2/c1-2-3-4-7-16-12(15)9-5-6-10(13)11(14)8-9/h5-6,8H,2-4,7,14H2,1H3. The van der Waals surface area contributed by atoms with Gasteiger partial charge in [-0.05, 0) is 40.5 Å². The van der Waals surface area contributed by atoms with Crippen molar-refractivity contribution in [1.82, 2.24) is 0 Å². The Morgan fingerprint density at radius 2 is 2.19 bits per heavy atom. The molecule has 0 aromatic heterocycles. The summed E-state index contributed by atoms with van der Waals surface area (Å²) in [6.07, 6.45) is 3.10. The van der Waals surface area contributed by atoms with Crippen molar-refractivity contribution in [3.05, 3.63) is 28.2 Å². The first-order valence-electron chi connectivity index (χ1n) is 5.37. The fourth-order valence-electron chi connectivity index (χ4n) is 1.27. The number of carbonyl (C=O) groups is 1. The Balaban J connectivity index is 2.50. The van der Waals surface area contributed by atoms with Crippen molar-refractivity contribution in [2.24, 2.45) is 0 Å². The van der Waals surface area contributed by atoms with Gasteiger partial charge < -0.3 is 10.5 Å². The molecule has 1 aromatic rings. The second kappa shape index (κ2) is 6.53. The van der Waals surface area contributed by atoms with E-state index in [1.165, 1.54) is 0 Å². The lowest BCUT2D eigenvalue weighted by molar-refractivity contribution is 0.0498. The molecule has 0 radical (unpaired) electrons. The van der Waals surface area contributed by atoms with Gasteiger partial charge in [-0.1, -0.05) is 19.8 Å². The van der Waals surface area contributed by atoms with Crippen molar-refractivity contribution in [1.29, 1.82) is 0 Å². The van der Waals surface area contributed by atoms with E-state index in [0.29, 0.717) is 17.9 Å². The average molecular weight is 286 g/mol. The lowest BCUT2D eigenvalue weighted by Gasteiger charge is -2.05. The first-order chi connectivity index (χ1) is 7.65. The highest BCUT2D eigenvalue weighted by Crippen LogP contribution is 2.20. The van der Waals surface area contributed by atoms with Gasteiger partial charge in [-0.25, -0.2) is 4.79 Å². The molecule has 0 fully saturated rings. The first-order valence-corrected chi connectivity index (χ1v) is 6.16. The monoisotopic (exact) mass is 285 g/mol. The van der Waals surface area contributed by atoms with Gasteiger partial charge >= 0.3 is 5.97 Å². The fraction of sp³-hybridized carbons (Fsp3) is 0.417. The van der Waals surface area contributed by atoms with Crippen molar-refractivity contribution >= 4 is 27.6 Å². The zero-order valence-electron chi connectivity index (χ0n) is 9.33. The molecule has 0 aliphatic heterocycles. The van der Waals surface area contributed by atoms with E-state index in [9.17, 15) is 4.79 Å². The number of hydrogen-bond donors (Lipinski definition) is 1. The predicted molar refractivity (Wildman–Crippen MR) is 68.4 cm³/mol. The lowest BCUT2D eigenvalue weighted by Crippen LogP contribution is -2.07. The number of rotatable bonds is 5. The van der Waals surface area contributed by atoms with Crippen LogP contribution in [-0.2, 0) is 4.74 Å². The third-order valence-electron chi connectivity index (χ3n) is 2.21. The Labute approximate surface area is 104 Å². The third-order valence-corrected chi connectivity index (χ3v) is 2.93. The summed E-state index contributed by atoms with van der Waals surface area (Å²) in [7, 11) is 0. The largest absolute Gasteiger partial charge is 0.462 e. The van der Waals surface area contributed by atoms with Gasteiger partial charge in [-0.15, -0.1) is 0 Å². The summed E-state index contributed by atoms with van der Waals surface area (Å²) in [5, 5.41) is 0. The van der Waals surface area contributed by atoms with Gasteiger partial charge in [0, 0.05) is 10.2 Å². The zero-order chi connectivity index (χ0) is 12.0. The molecule has 0 unspecified atom stereocenters. The molecular weight excluding hydrogens is 270 g/mol. The summed E-state index contributed by atoms with van der Waals surface area (Å²) in [6, 6.07) is 5.06. The van der Waals surface area contributed by atoms with Gasteiger partial charge in [0.15, 0.2) is 0 Å². The SMILES string of the molecule is CCCCCOC(=O)c1ccc(Br)c(N)c1. The molecule has 1 aromatic carbocycles. The molecule has 0 aliphatic carbocycles. The van der Waals surface area contributed by atoms with E-state index in [1.54, 1.807) is 18.2 Å². The molecule has 0 spiro atoms. The number of carbonyl (C=O) groups excluding carboxylic acids is 1. The van der Waals surface area contributed by atoms with Crippen LogP contribution in [0.2, 0.25) is 0 Å². The highest BCUT2D eigenvalue weighted by atomic mass is 79.9. The molecule has 0 heterocycles. The van der Waals surface area contributed by atoms with Gasteiger partial charge in [0.05, 0.1) is 12.2 Å². The first kappa shape index (κ1) is 13.0. The van der Waals surface area contributed by atoms with Gasteiger partial charge in [-0.2, -0.15) is 0 Å². The molecule has 2 N–H and O–H groups in total. The van der Waals surface area contributed by atoms with Gasteiger partial charge in [0.25, 0.3) is 0 Å². The molecule has 3 nitrogen and oxygen atoms in total. The lowest BCUT2D eigenvalue weighted by atomic mass is 10.2. The van der Waals surface area contributed by atoms with Crippen LogP contribution >= 0.6 is 15.9 Å². The molecule has 0 atom stereocenters.